The van der Waals surface area contributed by atoms with Gasteiger partial charge in [0.15, 0.2) is 5.78 Å². The van der Waals surface area contributed by atoms with E-state index in [2.05, 4.69) is 10.6 Å². The van der Waals surface area contributed by atoms with Crippen LogP contribution in [0, 0.1) is 0 Å². The lowest BCUT2D eigenvalue weighted by Crippen LogP contribution is -2.50. The van der Waals surface area contributed by atoms with E-state index in [1.165, 1.54) is 0 Å². The van der Waals surface area contributed by atoms with Gasteiger partial charge in [0, 0.05) is 13.0 Å². The van der Waals surface area contributed by atoms with Crippen LogP contribution in [0.3, 0.4) is 0 Å². The number of hydrogen-bond donors (Lipinski definition) is 4. The molecule has 0 rings (SSSR count). The van der Waals surface area contributed by atoms with E-state index in [4.69, 9.17) is 19.7 Å². The number of aliphatic carboxylic acids is 1. The summed E-state index contributed by atoms with van der Waals surface area (Å²) in [6.07, 6.45) is 1.08. The molecule has 142 valence electrons. The summed E-state index contributed by atoms with van der Waals surface area (Å²) in [5, 5.41) is 23.4. The van der Waals surface area contributed by atoms with E-state index < -0.39 is 17.6 Å². The third-order valence-corrected chi connectivity index (χ3v) is 4.00. The first-order valence-corrected chi connectivity index (χ1v) is 8.36. The largest absolute Gasteiger partial charge is 0.480 e. The van der Waals surface area contributed by atoms with Gasteiger partial charge < -0.3 is 30.3 Å². The number of carbonyl (C=O) groups excluding carboxylic acids is 1. The quantitative estimate of drug-likeness (QED) is 0.283. The fourth-order valence-electron chi connectivity index (χ4n) is 2.15. The van der Waals surface area contributed by atoms with Gasteiger partial charge in [-0.05, 0) is 26.8 Å². The first kappa shape index (κ1) is 22.9. The fourth-order valence-corrected chi connectivity index (χ4v) is 2.15. The summed E-state index contributed by atoms with van der Waals surface area (Å²) in [6, 6.07) is -0.711. The second kappa shape index (κ2) is 13.3. The lowest BCUT2D eigenvalue weighted by Gasteiger charge is -2.28. The van der Waals surface area contributed by atoms with Crippen molar-refractivity contribution in [3.8, 4) is 0 Å². The van der Waals surface area contributed by atoms with Gasteiger partial charge in [-0.3, -0.25) is 9.59 Å². The third kappa shape index (κ3) is 9.29. The van der Waals surface area contributed by atoms with Crippen LogP contribution < -0.4 is 10.6 Å². The number of carboxylic acid groups (broad SMARTS) is 1. The summed E-state index contributed by atoms with van der Waals surface area (Å²) in [5.74, 6) is -0.953. The first-order chi connectivity index (χ1) is 11.4. The van der Waals surface area contributed by atoms with Gasteiger partial charge in [0.25, 0.3) is 0 Å². The highest BCUT2D eigenvalue weighted by Gasteiger charge is 2.30. The molecule has 0 bridgehead atoms. The minimum atomic E-state index is -0.951. The van der Waals surface area contributed by atoms with Crippen LogP contribution in [-0.2, 0) is 19.1 Å². The summed E-state index contributed by atoms with van der Waals surface area (Å²) in [6.45, 7) is 5.86. The number of Topliss-reactive ketones (excluding diaryl/α,β-unsaturated/α-hetero) is 1. The minimum absolute atomic E-state index is 0.00206. The van der Waals surface area contributed by atoms with Crippen LogP contribution in [0.25, 0.3) is 0 Å². The normalized spacial score (nSPS) is 15.0. The Labute approximate surface area is 143 Å². The van der Waals surface area contributed by atoms with E-state index >= 15 is 0 Å². The zero-order valence-corrected chi connectivity index (χ0v) is 15.0. The van der Waals surface area contributed by atoms with E-state index in [1.54, 1.807) is 7.05 Å². The molecule has 0 saturated heterocycles. The molecule has 0 aliphatic heterocycles. The molecule has 8 nitrogen and oxygen atoms in total. The molecule has 0 amide bonds. The monoisotopic (exact) mass is 348 g/mol. The first-order valence-electron chi connectivity index (χ1n) is 8.36. The van der Waals surface area contributed by atoms with Gasteiger partial charge in [0.1, 0.15) is 6.04 Å². The Morgan fingerprint density at radius 1 is 1.17 bits per heavy atom. The smallest absolute Gasteiger partial charge is 0.320 e. The molecule has 0 heterocycles. The topological polar surface area (TPSA) is 117 Å². The van der Waals surface area contributed by atoms with Crippen LogP contribution in [0.5, 0.6) is 0 Å². The predicted octanol–water partition coefficient (Wildman–Crippen LogP) is -0.208. The van der Waals surface area contributed by atoms with Crippen LogP contribution in [-0.4, -0.2) is 80.2 Å². The number of rotatable bonds is 16. The van der Waals surface area contributed by atoms with Crippen molar-refractivity contribution in [2.24, 2.45) is 0 Å². The van der Waals surface area contributed by atoms with E-state index in [0.717, 1.165) is 0 Å². The number of ether oxygens (including phenoxy) is 2. The molecule has 24 heavy (non-hydrogen) atoms. The molecule has 0 aliphatic carbocycles. The maximum atomic E-state index is 12.4. The Hall–Kier alpha value is -1.06. The molecule has 2 atom stereocenters. The number of aliphatic hydroxyl groups excluding tert-OH is 1. The van der Waals surface area contributed by atoms with Gasteiger partial charge >= 0.3 is 5.97 Å². The molecule has 0 aromatic rings. The Bertz CT molecular complexity index is 366. The maximum absolute atomic E-state index is 12.4. The molecule has 2 unspecified atom stereocenters. The van der Waals surface area contributed by atoms with Gasteiger partial charge in [-0.1, -0.05) is 6.92 Å². The highest BCUT2D eigenvalue weighted by atomic mass is 16.5. The van der Waals surface area contributed by atoms with Gasteiger partial charge in [0.2, 0.25) is 0 Å². The molecule has 0 saturated carbocycles. The fraction of sp³-hybridized carbons (Fsp3) is 0.875. The van der Waals surface area contributed by atoms with E-state index in [9.17, 15) is 9.59 Å². The van der Waals surface area contributed by atoms with Crippen molar-refractivity contribution < 1.29 is 29.3 Å². The standard InChI is InChI=1S/C16H32N2O6/c1-4-16(2,14(20)6-5-13(17-3)15(21)22)18-7-9-23-11-12-24-10-8-19/h13,17-19H,4-12H2,1-3H3,(H,21,22). The molecule has 0 aliphatic rings. The van der Waals surface area contributed by atoms with Crippen molar-refractivity contribution >= 4 is 11.8 Å². The van der Waals surface area contributed by atoms with E-state index in [-0.39, 0.29) is 25.2 Å². The Morgan fingerprint density at radius 2 is 1.79 bits per heavy atom. The number of likely N-dealkylation sites (N-methyl/N-ethyl adjacent to an activating group) is 1. The molecular weight excluding hydrogens is 316 g/mol. The third-order valence-electron chi connectivity index (χ3n) is 4.00. The summed E-state index contributed by atoms with van der Waals surface area (Å²) >= 11 is 0. The second-order valence-electron chi connectivity index (χ2n) is 5.70. The van der Waals surface area contributed by atoms with Gasteiger partial charge in [-0.15, -0.1) is 0 Å². The summed E-state index contributed by atoms with van der Waals surface area (Å²) in [5.41, 5.74) is -0.687. The molecule has 0 fully saturated rings. The van der Waals surface area contributed by atoms with E-state index in [1.807, 2.05) is 13.8 Å². The number of hydrogen-bond acceptors (Lipinski definition) is 7. The lowest BCUT2D eigenvalue weighted by molar-refractivity contribution is -0.139. The van der Waals surface area contributed by atoms with Crippen LogP contribution in [0.4, 0.5) is 0 Å². The Balaban J connectivity index is 4.08. The number of carboxylic acids is 1. The average Bonchev–Trinajstić information content (AvgIpc) is 2.57. The average molecular weight is 348 g/mol. The Morgan fingerprint density at radius 3 is 2.29 bits per heavy atom. The second-order valence-corrected chi connectivity index (χ2v) is 5.70. The molecule has 8 heteroatoms. The highest BCUT2D eigenvalue weighted by molar-refractivity contribution is 5.88. The molecule has 4 N–H and O–H groups in total. The zero-order chi connectivity index (χ0) is 18.4. The molecule has 0 radical (unpaired) electrons. The maximum Gasteiger partial charge on any atom is 0.320 e. The summed E-state index contributed by atoms with van der Waals surface area (Å²) in [4.78, 5) is 23.4. The van der Waals surface area contributed by atoms with Gasteiger partial charge in [-0.2, -0.15) is 0 Å². The highest BCUT2D eigenvalue weighted by Crippen LogP contribution is 2.15. The minimum Gasteiger partial charge on any atom is -0.480 e. The van der Waals surface area contributed by atoms with Crippen LogP contribution in [0.1, 0.15) is 33.1 Å². The SMILES string of the molecule is CCC(C)(NCCOCCOCCO)C(=O)CCC(NC)C(=O)O. The van der Waals surface area contributed by atoms with Gasteiger partial charge in [-0.25, -0.2) is 0 Å². The van der Waals surface area contributed by atoms with Crippen molar-refractivity contribution in [3.63, 3.8) is 0 Å². The molecular formula is C16H32N2O6. The molecule has 0 aromatic carbocycles. The Kier molecular flexibility index (Phi) is 12.7. The van der Waals surface area contributed by atoms with Crippen molar-refractivity contribution in [2.45, 2.75) is 44.7 Å². The van der Waals surface area contributed by atoms with Crippen molar-refractivity contribution in [1.82, 2.24) is 10.6 Å². The van der Waals surface area contributed by atoms with E-state index in [0.29, 0.717) is 39.4 Å². The van der Waals surface area contributed by atoms with Crippen LogP contribution in [0.2, 0.25) is 0 Å². The lowest BCUT2D eigenvalue weighted by atomic mass is 9.89. The van der Waals surface area contributed by atoms with Crippen molar-refractivity contribution in [3.05, 3.63) is 0 Å². The zero-order valence-electron chi connectivity index (χ0n) is 15.0. The summed E-state index contributed by atoms with van der Waals surface area (Å²) in [7, 11) is 1.57. The van der Waals surface area contributed by atoms with Crippen molar-refractivity contribution in [2.75, 3.05) is 46.6 Å². The number of ketones is 1. The number of nitrogens with one attached hydrogen (secondary N) is 2. The number of aliphatic hydroxyl groups is 1. The van der Waals surface area contributed by atoms with Crippen molar-refractivity contribution in [1.29, 1.82) is 0 Å². The van der Waals surface area contributed by atoms with Crippen LogP contribution in [0.15, 0.2) is 0 Å². The predicted molar refractivity (Wildman–Crippen MR) is 90.1 cm³/mol. The summed E-state index contributed by atoms with van der Waals surface area (Å²) < 4.78 is 10.4. The van der Waals surface area contributed by atoms with Gasteiger partial charge in [0.05, 0.1) is 38.6 Å². The molecule has 0 aromatic heterocycles. The number of carbonyl (C=O) groups is 2. The van der Waals surface area contributed by atoms with Crippen LogP contribution >= 0.6 is 0 Å². The molecule has 0 spiro atoms.